The maximum Gasteiger partial charge on any atom is 0.0561 e. The fourth-order valence-electron chi connectivity index (χ4n) is 1.86. The normalized spacial score (nSPS) is 13.3. The van der Waals surface area contributed by atoms with E-state index in [1.54, 1.807) is 11.3 Å². The van der Waals surface area contributed by atoms with Gasteiger partial charge in [0.1, 0.15) is 0 Å². The first-order valence-corrected chi connectivity index (χ1v) is 7.37. The van der Waals surface area contributed by atoms with Gasteiger partial charge in [-0.2, -0.15) is 0 Å². The smallest absolute Gasteiger partial charge is 0.0561 e. The fraction of sp³-hybridized carbons (Fsp3) is 0.692. The van der Waals surface area contributed by atoms with E-state index >= 15 is 0 Å². The highest BCUT2D eigenvalue weighted by Gasteiger charge is 2.14. The van der Waals surface area contributed by atoms with Crippen molar-refractivity contribution in [1.82, 2.24) is 5.32 Å². The Morgan fingerprint density at radius 1 is 1.38 bits per heavy atom. The third-order valence-electron chi connectivity index (χ3n) is 2.69. The summed E-state index contributed by atoms with van der Waals surface area (Å²) >= 11 is 7.94. The van der Waals surface area contributed by atoms with Crippen LogP contribution in [0.2, 0.25) is 5.02 Å². The molecule has 0 aliphatic heterocycles. The predicted molar refractivity (Wildman–Crippen MR) is 74.4 cm³/mol. The van der Waals surface area contributed by atoms with Gasteiger partial charge in [-0.15, -0.1) is 11.3 Å². The van der Waals surface area contributed by atoms with Gasteiger partial charge in [0.2, 0.25) is 0 Å². The maximum atomic E-state index is 6.18. The molecule has 1 nitrogen and oxygen atoms in total. The fourth-order valence-corrected chi connectivity index (χ4v) is 3.16. The number of hydrogen-bond acceptors (Lipinski definition) is 2. The Balaban J connectivity index is 2.51. The summed E-state index contributed by atoms with van der Waals surface area (Å²) in [6.07, 6.45) is 3.75. The minimum Gasteiger partial charge on any atom is -0.309 e. The van der Waals surface area contributed by atoms with E-state index < -0.39 is 0 Å². The standard InChI is InChI=1S/C13H22ClNS/c1-4-15-12(7-5-6-10(2)3)13-11(14)8-9-16-13/h8-10,12,15H,4-7H2,1-3H3. The molecular formula is C13H22ClNS. The van der Waals surface area contributed by atoms with Crippen molar-refractivity contribution in [3.8, 4) is 0 Å². The van der Waals surface area contributed by atoms with Gasteiger partial charge in [-0.05, 0) is 30.3 Å². The van der Waals surface area contributed by atoms with Crippen LogP contribution in [0, 0.1) is 5.92 Å². The van der Waals surface area contributed by atoms with Crippen molar-refractivity contribution in [3.63, 3.8) is 0 Å². The Morgan fingerprint density at radius 3 is 2.62 bits per heavy atom. The Morgan fingerprint density at radius 2 is 2.12 bits per heavy atom. The number of rotatable bonds is 7. The lowest BCUT2D eigenvalue weighted by Gasteiger charge is -2.17. The molecule has 1 atom stereocenters. The summed E-state index contributed by atoms with van der Waals surface area (Å²) in [6, 6.07) is 2.44. The summed E-state index contributed by atoms with van der Waals surface area (Å²) in [4.78, 5) is 1.30. The molecule has 0 saturated heterocycles. The lowest BCUT2D eigenvalue weighted by molar-refractivity contribution is 0.460. The average Bonchev–Trinajstić information content (AvgIpc) is 2.63. The van der Waals surface area contributed by atoms with Crippen molar-refractivity contribution in [1.29, 1.82) is 0 Å². The zero-order valence-electron chi connectivity index (χ0n) is 10.4. The van der Waals surface area contributed by atoms with Gasteiger partial charge in [0, 0.05) is 10.9 Å². The highest BCUT2D eigenvalue weighted by molar-refractivity contribution is 7.10. The SMILES string of the molecule is CCNC(CCCC(C)C)c1sccc1Cl. The number of nitrogens with one attached hydrogen (secondary N) is 1. The van der Waals surface area contributed by atoms with E-state index in [9.17, 15) is 0 Å². The molecule has 1 heterocycles. The summed E-state index contributed by atoms with van der Waals surface area (Å²) < 4.78 is 0. The molecule has 16 heavy (non-hydrogen) atoms. The second-order valence-corrected chi connectivity index (χ2v) is 5.92. The summed E-state index contributed by atoms with van der Waals surface area (Å²) in [7, 11) is 0. The molecule has 92 valence electrons. The Hall–Kier alpha value is -0.0500. The summed E-state index contributed by atoms with van der Waals surface area (Å²) in [6.45, 7) is 7.71. The number of halogens is 1. The van der Waals surface area contributed by atoms with Crippen LogP contribution < -0.4 is 5.32 Å². The van der Waals surface area contributed by atoms with Gasteiger partial charge in [-0.1, -0.05) is 45.2 Å². The van der Waals surface area contributed by atoms with Crippen LogP contribution in [0.4, 0.5) is 0 Å². The molecule has 0 aliphatic rings. The predicted octanol–water partition coefficient (Wildman–Crippen LogP) is 4.88. The minimum absolute atomic E-state index is 0.441. The molecular weight excluding hydrogens is 238 g/mol. The average molecular weight is 260 g/mol. The van der Waals surface area contributed by atoms with E-state index in [2.05, 4.69) is 31.5 Å². The molecule has 0 bridgehead atoms. The molecule has 0 aromatic carbocycles. The topological polar surface area (TPSA) is 12.0 Å². The van der Waals surface area contributed by atoms with E-state index in [-0.39, 0.29) is 0 Å². The first-order chi connectivity index (χ1) is 7.65. The first kappa shape index (κ1) is 14.0. The van der Waals surface area contributed by atoms with Gasteiger partial charge in [-0.25, -0.2) is 0 Å². The van der Waals surface area contributed by atoms with Gasteiger partial charge in [-0.3, -0.25) is 0 Å². The minimum atomic E-state index is 0.441. The van der Waals surface area contributed by atoms with Crippen LogP contribution >= 0.6 is 22.9 Å². The van der Waals surface area contributed by atoms with Crippen LogP contribution in [-0.2, 0) is 0 Å². The quantitative estimate of drug-likeness (QED) is 0.736. The Kier molecular flexibility index (Phi) is 6.40. The van der Waals surface area contributed by atoms with Gasteiger partial charge >= 0.3 is 0 Å². The molecule has 0 fully saturated rings. The summed E-state index contributed by atoms with van der Waals surface area (Å²) in [5.41, 5.74) is 0. The van der Waals surface area contributed by atoms with Crippen molar-refractivity contribution in [2.24, 2.45) is 5.92 Å². The van der Waals surface area contributed by atoms with Crippen molar-refractivity contribution in [2.45, 2.75) is 46.1 Å². The van der Waals surface area contributed by atoms with Crippen molar-refractivity contribution >= 4 is 22.9 Å². The third-order valence-corrected chi connectivity index (χ3v) is 4.16. The molecule has 1 aromatic rings. The maximum absolute atomic E-state index is 6.18. The largest absolute Gasteiger partial charge is 0.309 e. The molecule has 0 radical (unpaired) electrons. The Labute approximate surface area is 108 Å². The van der Waals surface area contributed by atoms with Crippen LogP contribution in [-0.4, -0.2) is 6.54 Å². The Bertz CT molecular complexity index is 296. The van der Waals surface area contributed by atoms with Crippen molar-refractivity contribution in [3.05, 3.63) is 21.3 Å². The highest BCUT2D eigenvalue weighted by atomic mass is 35.5. The van der Waals surface area contributed by atoms with Crippen molar-refractivity contribution < 1.29 is 0 Å². The molecule has 1 aromatic heterocycles. The number of thiophene rings is 1. The van der Waals surface area contributed by atoms with Gasteiger partial charge < -0.3 is 5.32 Å². The van der Waals surface area contributed by atoms with E-state index in [1.807, 2.05) is 6.07 Å². The summed E-state index contributed by atoms with van der Waals surface area (Å²) in [5.74, 6) is 0.793. The molecule has 1 N–H and O–H groups in total. The van der Waals surface area contributed by atoms with E-state index in [0.717, 1.165) is 17.5 Å². The van der Waals surface area contributed by atoms with Crippen LogP contribution in [0.15, 0.2) is 11.4 Å². The van der Waals surface area contributed by atoms with E-state index in [0.29, 0.717) is 6.04 Å². The molecule has 0 amide bonds. The molecule has 1 unspecified atom stereocenters. The number of hydrogen-bond donors (Lipinski definition) is 1. The van der Waals surface area contributed by atoms with Gasteiger partial charge in [0.25, 0.3) is 0 Å². The molecule has 0 aliphatic carbocycles. The van der Waals surface area contributed by atoms with Crippen LogP contribution in [0.1, 0.15) is 51.0 Å². The van der Waals surface area contributed by atoms with Crippen LogP contribution in [0.25, 0.3) is 0 Å². The van der Waals surface area contributed by atoms with E-state index in [4.69, 9.17) is 11.6 Å². The monoisotopic (exact) mass is 259 g/mol. The first-order valence-electron chi connectivity index (χ1n) is 6.11. The molecule has 3 heteroatoms. The third kappa shape index (κ3) is 4.44. The highest BCUT2D eigenvalue weighted by Crippen LogP contribution is 2.31. The van der Waals surface area contributed by atoms with Crippen LogP contribution in [0.3, 0.4) is 0 Å². The zero-order valence-corrected chi connectivity index (χ0v) is 12.0. The lowest BCUT2D eigenvalue weighted by atomic mass is 10.0. The van der Waals surface area contributed by atoms with E-state index in [1.165, 1.54) is 24.1 Å². The van der Waals surface area contributed by atoms with Crippen LogP contribution in [0.5, 0.6) is 0 Å². The molecule has 1 rings (SSSR count). The van der Waals surface area contributed by atoms with Crippen molar-refractivity contribution in [2.75, 3.05) is 6.54 Å². The van der Waals surface area contributed by atoms with Gasteiger partial charge in [0.05, 0.1) is 5.02 Å². The van der Waals surface area contributed by atoms with Gasteiger partial charge in [0.15, 0.2) is 0 Å². The lowest BCUT2D eigenvalue weighted by Crippen LogP contribution is -2.20. The zero-order chi connectivity index (χ0) is 12.0. The molecule has 0 spiro atoms. The second-order valence-electron chi connectivity index (χ2n) is 4.57. The summed E-state index contributed by atoms with van der Waals surface area (Å²) in [5, 5.41) is 6.52. The second kappa shape index (κ2) is 7.31. The molecule has 0 saturated carbocycles.